The zero-order valence-corrected chi connectivity index (χ0v) is 8.32. The lowest BCUT2D eigenvalue weighted by Gasteiger charge is -2.09. The Morgan fingerprint density at radius 1 is 1.83 bits per heavy atom. The van der Waals surface area contributed by atoms with Crippen LogP contribution < -0.4 is 5.32 Å². The number of nitrogens with zero attached hydrogens (tertiary/aromatic N) is 1. The van der Waals surface area contributed by atoms with Crippen LogP contribution in [0.1, 0.15) is 13.3 Å². The first kappa shape index (κ1) is 9.77. The average Bonchev–Trinajstić information content (AvgIpc) is 2.36. The van der Waals surface area contributed by atoms with Crippen molar-refractivity contribution in [3.8, 4) is 0 Å². The van der Waals surface area contributed by atoms with Gasteiger partial charge in [-0.25, -0.2) is 4.98 Å². The summed E-state index contributed by atoms with van der Waals surface area (Å²) in [5.74, 6) is 0. The number of aliphatic hydroxyl groups excluding tert-OH is 1. The molecule has 0 bridgehead atoms. The summed E-state index contributed by atoms with van der Waals surface area (Å²) >= 11 is 7.09. The first-order chi connectivity index (χ1) is 5.72. The molecule has 1 rings (SSSR count). The molecule has 0 aliphatic carbocycles. The van der Waals surface area contributed by atoms with E-state index in [1.54, 1.807) is 6.20 Å². The molecule has 0 amide bonds. The number of anilines is 1. The fraction of sp³-hybridized carbons (Fsp3) is 0.571. The standard InChI is InChI=1S/C7H11ClN2OS/c1-5(2-3-11)10-7-9-4-6(8)12-7/h4-5,11H,2-3H2,1H3,(H,9,10)/t5-/m1/s1. The van der Waals surface area contributed by atoms with E-state index in [1.807, 2.05) is 6.92 Å². The summed E-state index contributed by atoms with van der Waals surface area (Å²) in [6.07, 6.45) is 2.33. The summed E-state index contributed by atoms with van der Waals surface area (Å²) in [5, 5.41) is 12.6. The van der Waals surface area contributed by atoms with Gasteiger partial charge in [0, 0.05) is 12.6 Å². The van der Waals surface area contributed by atoms with Gasteiger partial charge in [0.25, 0.3) is 0 Å². The Hall–Kier alpha value is -0.320. The molecule has 0 radical (unpaired) electrons. The van der Waals surface area contributed by atoms with E-state index < -0.39 is 0 Å². The summed E-state index contributed by atoms with van der Waals surface area (Å²) < 4.78 is 0.675. The van der Waals surface area contributed by atoms with Gasteiger partial charge in [-0.2, -0.15) is 0 Å². The van der Waals surface area contributed by atoms with Gasteiger partial charge >= 0.3 is 0 Å². The summed E-state index contributed by atoms with van der Waals surface area (Å²) in [4.78, 5) is 4.03. The third-order valence-electron chi connectivity index (χ3n) is 1.41. The van der Waals surface area contributed by atoms with E-state index in [4.69, 9.17) is 16.7 Å². The first-order valence-electron chi connectivity index (χ1n) is 3.71. The van der Waals surface area contributed by atoms with Gasteiger partial charge in [-0.05, 0) is 13.3 Å². The quantitative estimate of drug-likeness (QED) is 0.792. The minimum absolute atomic E-state index is 0.188. The van der Waals surface area contributed by atoms with Gasteiger partial charge < -0.3 is 10.4 Å². The Balaban J connectivity index is 2.41. The van der Waals surface area contributed by atoms with Gasteiger partial charge in [-0.15, -0.1) is 0 Å². The molecule has 5 heteroatoms. The first-order valence-corrected chi connectivity index (χ1v) is 4.90. The predicted octanol–water partition coefficient (Wildman–Crippen LogP) is 1.98. The number of hydrogen-bond donors (Lipinski definition) is 2. The minimum atomic E-state index is 0.188. The van der Waals surface area contributed by atoms with Crippen molar-refractivity contribution in [3.63, 3.8) is 0 Å². The lowest BCUT2D eigenvalue weighted by molar-refractivity contribution is 0.282. The summed E-state index contributed by atoms with van der Waals surface area (Å²) in [6.45, 7) is 2.18. The highest BCUT2D eigenvalue weighted by Gasteiger charge is 2.03. The number of nitrogens with one attached hydrogen (secondary N) is 1. The normalized spacial score (nSPS) is 12.9. The van der Waals surface area contributed by atoms with Crippen LogP contribution in [0.3, 0.4) is 0 Å². The number of aromatic nitrogens is 1. The molecule has 68 valence electrons. The maximum absolute atomic E-state index is 8.64. The molecule has 0 spiro atoms. The van der Waals surface area contributed by atoms with E-state index in [0.717, 1.165) is 11.6 Å². The molecule has 0 saturated heterocycles. The highest BCUT2D eigenvalue weighted by atomic mass is 35.5. The maximum atomic E-state index is 8.64. The van der Waals surface area contributed by atoms with Crippen LogP contribution in [-0.2, 0) is 0 Å². The number of halogens is 1. The van der Waals surface area contributed by atoms with Crippen molar-refractivity contribution in [2.75, 3.05) is 11.9 Å². The Bertz CT molecular complexity index is 241. The maximum Gasteiger partial charge on any atom is 0.184 e. The van der Waals surface area contributed by atoms with Gasteiger partial charge in [0.2, 0.25) is 0 Å². The molecular formula is C7H11ClN2OS. The van der Waals surface area contributed by atoms with E-state index in [0.29, 0.717) is 4.34 Å². The molecule has 0 aromatic carbocycles. The van der Waals surface area contributed by atoms with Crippen LogP contribution in [0.5, 0.6) is 0 Å². The van der Waals surface area contributed by atoms with E-state index in [9.17, 15) is 0 Å². The van der Waals surface area contributed by atoms with Crippen molar-refractivity contribution in [2.45, 2.75) is 19.4 Å². The van der Waals surface area contributed by atoms with Gasteiger partial charge in [0.05, 0.1) is 6.20 Å². The Morgan fingerprint density at radius 2 is 2.58 bits per heavy atom. The van der Waals surface area contributed by atoms with Gasteiger partial charge in [0.15, 0.2) is 5.13 Å². The van der Waals surface area contributed by atoms with Crippen molar-refractivity contribution in [1.82, 2.24) is 4.98 Å². The molecule has 1 atom stereocenters. The molecule has 1 aromatic rings. The number of hydrogen-bond acceptors (Lipinski definition) is 4. The van der Waals surface area contributed by atoms with Crippen LogP contribution in [0.4, 0.5) is 5.13 Å². The molecule has 2 N–H and O–H groups in total. The van der Waals surface area contributed by atoms with Crippen molar-refractivity contribution in [1.29, 1.82) is 0 Å². The molecule has 0 fully saturated rings. The van der Waals surface area contributed by atoms with E-state index in [2.05, 4.69) is 10.3 Å². The summed E-state index contributed by atoms with van der Waals surface area (Å²) in [7, 11) is 0. The van der Waals surface area contributed by atoms with E-state index >= 15 is 0 Å². The van der Waals surface area contributed by atoms with E-state index in [1.165, 1.54) is 11.3 Å². The van der Waals surface area contributed by atoms with Crippen LogP contribution in [-0.4, -0.2) is 22.7 Å². The van der Waals surface area contributed by atoms with E-state index in [-0.39, 0.29) is 12.6 Å². The number of rotatable bonds is 4. The highest BCUT2D eigenvalue weighted by molar-refractivity contribution is 7.19. The Kier molecular flexibility index (Phi) is 3.78. The second kappa shape index (κ2) is 4.64. The van der Waals surface area contributed by atoms with Crippen LogP contribution in [0, 0.1) is 0 Å². The van der Waals surface area contributed by atoms with Gasteiger partial charge in [0.1, 0.15) is 4.34 Å². The predicted molar refractivity (Wildman–Crippen MR) is 51.9 cm³/mol. The van der Waals surface area contributed by atoms with Crippen LogP contribution >= 0.6 is 22.9 Å². The molecule has 1 heterocycles. The number of aliphatic hydroxyl groups is 1. The monoisotopic (exact) mass is 206 g/mol. The van der Waals surface area contributed by atoms with Crippen molar-refractivity contribution in [2.24, 2.45) is 0 Å². The average molecular weight is 207 g/mol. The fourth-order valence-electron chi connectivity index (χ4n) is 0.798. The second-order valence-electron chi connectivity index (χ2n) is 2.53. The Labute approximate surface area is 80.4 Å². The van der Waals surface area contributed by atoms with Crippen LogP contribution in [0.15, 0.2) is 6.20 Å². The molecule has 0 aliphatic rings. The van der Waals surface area contributed by atoms with Crippen LogP contribution in [0.2, 0.25) is 4.34 Å². The summed E-state index contributed by atoms with van der Waals surface area (Å²) in [6, 6.07) is 0.234. The molecule has 1 aromatic heterocycles. The summed E-state index contributed by atoms with van der Waals surface area (Å²) in [5.41, 5.74) is 0. The molecular weight excluding hydrogens is 196 g/mol. The Morgan fingerprint density at radius 3 is 3.08 bits per heavy atom. The zero-order chi connectivity index (χ0) is 8.97. The lowest BCUT2D eigenvalue weighted by atomic mass is 10.2. The topological polar surface area (TPSA) is 45.1 Å². The second-order valence-corrected chi connectivity index (χ2v) is 4.19. The zero-order valence-electron chi connectivity index (χ0n) is 6.75. The van der Waals surface area contributed by atoms with Gasteiger partial charge in [-0.1, -0.05) is 22.9 Å². The minimum Gasteiger partial charge on any atom is -0.396 e. The van der Waals surface area contributed by atoms with Crippen molar-refractivity contribution >= 4 is 28.1 Å². The lowest BCUT2D eigenvalue weighted by Crippen LogP contribution is -2.16. The molecule has 0 saturated carbocycles. The third-order valence-corrected chi connectivity index (χ3v) is 2.46. The SMILES string of the molecule is C[C@H](CCO)Nc1ncc(Cl)s1. The molecule has 3 nitrogen and oxygen atoms in total. The van der Waals surface area contributed by atoms with Crippen molar-refractivity contribution in [3.05, 3.63) is 10.5 Å². The highest BCUT2D eigenvalue weighted by Crippen LogP contribution is 2.23. The van der Waals surface area contributed by atoms with Crippen molar-refractivity contribution < 1.29 is 5.11 Å². The largest absolute Gasteiger partial charge is 0.396 e. The molecule has 12 heavy (non-hydrogen) atoms. The van der Waals surface area contributed by atoms with Gasteiger partial charge in [-0.3, -0.25) is 0 Å². The molecule has 0 aliphatic heterocycles. The third kappa shape index (κ3) is 2.97. The van der Waals surface area contributed by atoms with Crippen LogP contribution in [0.25, 0.3) is 0 Å². The smallest absolute Gasteiger partial charge is 0.184 e. The molecule has 0 unspecified atom stereocenters. The fourth-order valence-corrected chi connectivity index (χ4v) is 1.72. The number of thiazole rings is 1.